The number of rotatable bonds is 2. The van der Waals surface area contributed by atoms with Crippen LogP contribution in [0, 0.1) is 5.41 Å². The Balaban J connectivity index is 2.20. The van der Waals surface area contributed by atoms with E-state index < -0.39 is 0 Å². The molecule has 15 heavy (non-hydrogen) atoms. The summed E-state index contributed by atoms with van der Waals surface area (Å²) in [6.45, 7) is 10.0. The Hall–Kier alpha value is -0.560. The average molecular weight is 206 g/mol. The molecule has 0 bridgehead atoms. The summed E-state index contributed by atoms with van der Waals surface area (Å²) in [5, 5.41) is 0. The van der Waals surface area contributed by atoms with Gasteiger partial charge in [-0.3, -0.25) is 0 Å². The molecule has 1 saturated heterocycles. The maximum atomic E-state index is 5.38. The summed E-state index contributed by atoms with van der Waals surface area (Å²) in [5.74, 6) is 0. The van der Waals surface area contributed by atoms with E-state index in [1.807, 2.05) is 0 Å². The van der Waals surface area contributed by atoms with Gasteiger partial charge in [-0.2, -0.15) is 0 Å². The van der Waals surface area contributed by atoms with Gasteiger partial charge in [-0.15, -0.1) is 0 Å². The van der Waals surface area contributed by atoms with E-state index in [0.717, 1.165) is 6.61 Å². The quantitative estimate of drug-likeness (QED) is 0.625. The van der Waals surface area contributed by atoms with E-state index in [2.05, 4.69) is 39.8 Å². The smallest absolute Gasteiger partial charge is 0.107 e. The Morgan fingerprint density at radius 2 is 1.93 bits per heavy atom. The van der Waals surface area contributed by atoms with E-state index >= 15 is 0 Å². The van der Waals surface area contributed by atoms with Gasteiger partial charge in [0.15, 0.2) is 0 Å². The topological polar surface area (TPSA) is 12.5 Å². The van der Waals surface area contributed by atoms with E-state index in [1.54, 1.807) is 5.57 Å². The van der Waals surface area contributed by atoms with Crippen molar-refractivity contribution in [1.82, 2.24) is 0 Å². The number of hydrogen-bond acceptors (Lipinski definition) is 1. The molecule has 0 spiro atoms. The lowest BCUT2D eigenvalue weighted by atomic mass is 9.72. The Bertz CT molecular complexity index is 316. The minimum Gasteiger partial charge on any atom is -0.365 e. The molecule has 2 aliphatic rings. The largest absolute Gasteiger partial charge is 0.365 e. The highest BCUT2D eigenvalue weighted by Crippen LogP contribution is 2.41. The summed E-state index contributed by atoms with van der Waals surface area (Å²) in [5.41, 5.74) is 3.49. The molecule has 1 aliphatic heterocycles. The van der Waals surface area contributed by atoms with Gasteiger partial charge in [-0.25, -0.2) is 0 Å². The standard InChI is InChI=1S/C14H22O/c1-11-6-5-8-13(2,3)12(11)7-9-14(4)10-15-14/h7,9H,5-6,8,10H2,1-4H3/b9-7+/t14-/m1/s1. The fraction of sp³-hybridized carbons (Fsp3) is 0.714. The molecule has 0 aromatic rings. The fourth-order valence-corrected chi connectivity index (χ4v) is 2.48. The van der Waals surface area contributed by atoms with Crippen molar-refractivity contribution in [2.45, 2.75) is 52.6 Å². The first-order valence-electron chi connectivity index (χ1n) is 5.96. The molecule has 1 fully saturated rings. The van der Waals surface area contributed by atoms with Crippen molar-refractivity contribution < 1.29 is 4.74 Å². The SMILES string of the molecule is CC1=C(/C=C/[C@]2(C)CO2)C(C)(C)CCC1. The van der Waals surface area contributed by atoms with Gasteiger partial charge in [-0.05, 0) is 44.1 Å². The summed E-state index contributed by atoms with van der Waals surface area (Å²) < 4.78 is 5.38. The van der Waals surface area contributed by atoms with Gasteiger partial charge in [0.25, 0.3) is 0 Å². The Morgan fingerprint density at radius 1 is 1.27 bits per heavy atom. The first-order valence-corrected chi connectivity index (χ1v) is 5.96. The van der Waals surface area contributed by atoms with E-state index in [4.69, 9.17) is 4.74 Å². The van der Waals surface area contributed by atoms with Crippen molar-refractivity contribution in [2.75, 3.05) is 6.61 Å². The van der Waals surface area contributed by atoms with Crippen molar-refractivity contribution in [1.29, 1.82) is 0 Å². The molecule has 1 heteroatoms. The lowest BCUT2D eigenvalue weighted by molar-refractivity contribution is 0.364. The van der Waals surface area contributed by atoms with Crippen LogP contribution < -0.4 is 0 Å². The Labute approximate surface area is 93.2 Å². The third kappa shape index (κ3) is 2.34. The zero-order chi connectivity index (χ0) is 11.1. The number of allylic oxidation sites excluding steroid dienone is 3. The summed E-state index contributed by atoms with van der Waals surface area (Å²) in [6, 6.07) is 0. The predicted octanol–water partition coefficient (Wildman–Crippen LogP) is 3.86. The van der Waals surface area contributed by atoms with Crippen LogP contribution in [-0.4, -0.2) is 12.2 Å². The van der Waals surface area contributed by atoms with E-state index in [0.29, 0.717) is 5.41 Å². The van der Waals surface area contributed by atoms with Crippen LogP contribution >= 0.6 is 0 Å². The monoisotopic (exact) mass is 206 g/mol. The maximum absolute atomic E-state index is 5.38. The fourth-order valence-electron chi connectivity index (χ4n) is 2.48. The van der Waals surface area contributed by atoms with Crippen molar-refractivity contribution >= 4 is 0 Å². The summed E-state index contributed by atoms with van der Waals surface area (Å²) in [6.07, 6.45) is 8.45. The Kier molecular flexibility index (Phi) is 2.54. The van der Waals surface area contributed by atoms with Crippen molar-refractivity contribution in [3.8, 4) is 0 Å². The second-order valence-corrected chi connectivity index (χ2v) is 5.87. The molecular formula is C14H22O. The van der Waals surface area contributed by atoms with Gasteiger partial charge in [0.05, 0.1) is 6.61 Å². The third-order valence-corrected chi connectivity index (χ3v) is 3.74. The first kappa shape index (κ1) is 10.9. The number of epoxide rings is 1. The summed E-state index contributed by atoms with van der Waals surface area (Å²) in [4.78, 5) is 0. The first-order chi connectivity index (χ1) is 6.93. The second-order valence-electron chi connectivity index (χ2n) is 5.87. The molecule has 0 aromatic carbocycles. The predicted molar refractivity (Wildman–Crippen MR) is 63.8 cm³/mol. The zero-order valence-corrected chi connectivity index (χ0v) is 10.4. The zero-order valence-electron chi connectivity index (χ0n) is 10.4. The number of ether oxygens (including phenoxy) is 1. The highest BCUT2D eigenvalue weighted by atomic mass is 16.6. The van der Waals surface area contributed by atoms with E-state index in [1.165, 1.54) is 24.8 Å². The molecule has 0 N–H and O–H groups in total. The van der Waals surface area contributed by atoms with E-state index in [-0.39, 0.29) is 5.60 Å². The molecule has 1 atom stereocenters. The van der Waals surface area contributed by atoms with Crippen LogP contribution in [-0.2, 0) is 4.74 Å². The Morgan fingerprint density at radius 3 is 2.47 bits per heavy atom. The van der Waals surface area contributed by atoms with Gasteiger partial charge in [0, 0.05) is 0 Å². The van der Waals surface area contributed by atoms with Crippen LogP contribution in [0.15, 0.2) is 23.3 Å². The molecule has 1 aliphatic carbocycles. The highest BCUT2D eigenvalue weighted by Gasteiger charge is 2.36. The van der Waals surface area contributed by atoms with Crippen LogP contribution in [0.25, 0.3) is 0 Å². The molecule has 0 radical (unpaired) electrons. The molecule has 0 unspecified atom stereocenters. The van der Waals surface area contributed by atoms with E-state index in [9.17, 15) is 0 Å². The van der Waals surface area contributed by atoms with Gasteiger partial charge in [0.2, 0.25) is 0 Å². The number of hydrogen-bond donors (Lipinski definition) is 0. The lowest BCUT2D eigenvalue weighted by Gasteiger charge is -2.33. The van der Waals surface area contributed by atoms with Crippen LogP contribution in [0.4, 0.5) is 0 Å². The van der Waals surface area contributed by atoms with Gasteiger partial charge < -0.3 is 4.74 Å². The van der Waals surface area contributed by atoms with Crippen LogP contribution in [0.3, 0.4) is 0 Å². The van der Waals surface area contributed by atoms with Gasteiger partial charge in [0.1, 0.15) is 5.60 Å². The minimum atomic E-state index is 0.0425. The van der Waals surface area contributed by atoms with Crippen molar-refractivity contribution in [3.63, 3.8) is 0 Å². The normalized spacial score (nSPS) is 34.9. The molecule has 1 heterocycles. The third-order valence-electron chi connectivity index (χ3n) is 3.74. The molecule has 0 saturated carbocycles. The van der Waals surface area contributed by atoms with Crippen molar-refractivity contribution in [3.05, 3.63) is 23.3 Å². The minimum absolute atomic E-state index is 0.0425. The second kappa shape index (κ2) is 3.48. The summed E-state index contributed by atoms with van der Waals surface area (Å²) in [7, 11) is 0. The maximum Gasteiger partial charge on any atom is 0.107 e. The molecular weight excluding hydrogens is 184 g/mol. The summed E-state index contributed by atoms with van der Waals surface area (Å²) >= 11 is 0. The van der Waals surface area contributed by atoms with Crippen molar-refractivity contribution in [2.24, 2.45) is 5.41 Å². The molecule has 84 valence electrons. The van der Waals surface area contributed by atoms with Gasteiger partial charge >= 0.3 is 0 Å². The van der Waals surface area contributed by atoms with Crippen LogP contribution in [0.5, 0.6) is 0 Å². The average Bonchev–Trinajstić information content (AvgIpc) is 2.82. The van der Waals surface area contributed by atoms with Gasteiger partial charge in [-0.1, -0.05) is 31.6 Å². The molecule has 2 rings (SSSR count). The molecule has 0 amide bonds. The molecule has 1 nitrogen and oxygen atoms in total. The van der Waals surface area contributed by atoms with Crippen LogP contribution in [0.2, 0.25) is 0 Å². The highest BCUT2D eigenvalue weighted by molar-refractivity contribution is 5.34. The van der Waals surface area contributed by atoms with Crippen LogP contribution in [0.1, 0.15) is 47.0 Å². The lowest BCUT2D eigenvalue weighted by Crippen LogP contribution is -2.19. The molecule has 0 aromatic heterocycles.